The Hall–Kier alpha value is -2.15. The van der Waals surface area contributed by atoms with Gasteiger partial charge in [0.25, 0.3) is 5.91 Å². The summed E-state index contributed by atoms with van der Waals surface area (Å²) in [6.07, 6.45) is 0. The van der Waals surface area contributed by atoms with E-state index in [2.05, 4.69) is 21.5 Å². The lowest BCUT2D eigenvalue weighted by molar-refractivity contribution is -0.114. The molecule has 0 fully saturated rings. The lowest BCUT2D eigenvalue weighted by atomic mass is 10.2. The van der Waals surface area contributed by atoms with Gasteiger partial charge in [-0.05, 0) is 43.4 Å². The van der Waals surface area contributed by atoms with Gasteiger partial charge in [-0.2, -0.15) is 0 Å². The van der Waals surface area contributed by atoms with Crippen molar-refractivity contribution in [2.24, 2.45) is 0 Å². The van der Waals surface area contributed by atoms with E-state index in [9.17, 15) is 9.59 Å². The van der Waals surface area contributed by atoms with E-state index < -0.39 is 0 Å². The molecule has 0 saturated carbocycles. The minimum Gasteiger partial charge on any atom is -0.362 e. The van der Waals surface area contributed by atoms with Crippen LogP contribution in [0.3, 0.4) is 0 Å². The van der Waals surface area contributed by atoms with Gasteiger partial charge in [-0.15, -0.1) is 0 Å². The highest BCUT2D eigenvalue weighted by Crippen LogP contribution is 2.09. The van der Waals surface area contributed by atoms with Crippen LogP contribution in [-0.2, 0) is 4.79 Å². The number of rotatable bonds is 3. The Morgan fingerprint density at radius 1 is 1.16 bits per heavy atom. The maximum atomic E-state index is 11.7. The molecular weight excluding hydrogens is 264 g/mol. The van der Waals surface area contributed by atoms with Crippen LogP contribution < -0.4 is 21.5 Å². The standard InChI is InChI=1S/C12H16N4O2S/c1-3-13-12(19)16-15-11(18)9-4-6-10(7-5-9)14-8(2)17/h4-7H,3H2,1-2H3,(H,14,17)(H,15,18)(H2,13,16,19). The average molecular weight is 280 g/mol. The van der Waals surface area contributed by atoms with Crippen LogP contribution in [0.5, 0.6) is 0 Å². The van der Waals surface area contributed by atoms with Gasteiger partial charge in [0.15, 0.2) is 5.11 Å². The third-order valence-electron chi connectivity index (χ3n) is 2.09. The average Bonchev–Trinajstić information content (AvgIpc) is 2.36. The summed E-state index contributed by atoms with van der Waals surface area (Å²) in [4.78, 5) is 22.6. The molecule has 19 heavy (non-hydrogen) atoms. The van der Waals surface area contributed by atoms with Crippen molar-refractivity contribution >= 4 is 34.8 Å². The highest BCUT2D eigenvalue weighted by molar-refractivity contribution is 7.80. The van der Waals surface area contributed by atoms with Crippen molar-refractivity contribution in [3.8, 4) is 0 Å². The molecule has 2 amide bonds. The Morgan fingerprint density at radius 3 is 2.32 bits per heavy atom. The molecule has 4 N–H and O–H groups in total. The zero-order valence-corrected chi connectivity index (χ0v) is 11.6. The van der Waals surface area contributed by atoms with Gasteiger partial charge >= 0.3 is 0 Å². The van der Waals surface area contributed by atoms with Crippen molar-refractivity contribution in [1.29, 1.82) is 0 Å². The Bertz CT molecular complexity index is 473. The van der Waals surface area contributed by atoms with Crippen molar-refractivity contribution in [2.45, 2.75) is 13.8 Å². The molecule has 0 aromatic heterocycles. The molecule has 7 heteroatoms. The fourth-order valence-corrected chi connectivity index (χ4v) is 1.49. The van der Waals surface area contributed by atoms with Crippen LogP contribution in [-0.4, -0.2) is 23.5 Å². The van der Waals surface area contributed by atoms with Crippen molar-refractivity contribution in [3.63, 3.8) is 0 Å². The number of hydrazine groups is 1. The summed E-state index contributed by atoms with van der Waals surface area (Å²) in [5, 5.41) is 5.81. The van der Waals surface area contributed by atoms with Crippen molar-refractivity contribution in [1.82, 2.24) is 16.2 Å². The van der Waals surface area contributed by atoms with Gasteiger partial charge in [0.2, 0.25) is 5.91 Å². The van der Waals surface area contributed by atoms with Crippen LogP contribution in [0.4, 0.5) is 5.69 Å². The Balaban J connectivity index is 2.53. The normalized spacial score (nSPS) is 9.37. The molecule has 0 saturated heterocycles. The molecule has 0 spiro atoms. The molecule has 0 radical (unpaired) electrons. The largest absolute Gasteiger partial charge is 0.362 e. The number of anilines is 1. The molecule has 0 aliphatic rings. The molecule has 102 valence electrons. The summed E-state index contributed by atoms with van der Waals surface area (Å²) in [5.41, 5.74) is 6.14. The number of hydrogen-bond donors (Lipinski definition) is 4. The topological polar surface area (TPSA) is 82.3 Å². The van der Waals surface area contributed by atoms with Gasteiger partial charge in [0, 0.05) is 24.7 Å². The number of nitrogens with one attached hydrogen (secondary N) is 4. The molecule has 6 nitrogen and oxygen atoms in total. The monoisotopic (exact) mass is 280 g/mol. The van der Waals surface area contributed by atoms with E-state index in [4.69, 9.17) is 12.2 Å². The van der Waals surface area contributed by atoms with Crippen molar-refractivity contribution in [3.05, 3.63) is 29.8 Å². The maximum absolute atomic E-state index is 11.7. The van der Waals surface area contributed by atoms with Gasteiger partial charge in [-0.3, -0.25) is 20.4 Å². The Labute approximate surface area is 116 Å². The molecule has 1 aromatic carbocycles. The quantitative estimate of drug-likeness (QED) is 0.486. The number of carbonyl (C=O) groups excluding carboxylic acids is 2. The van der Waals surface area contributed by atoms with E-state index in [0.29, 0.717) is 22.9 Å². The third-order valence-corrected chi connectivity index (χ3v) is 2.34. The van der Waals surface area contributed by atoms with Crippen molar-refractivity contribution in [2.75, 3.05) is 11.9 Å². The van der Waals surface area contributed by atoms with Crippen LogP contribution in [0, 0.1) is 0 Å². The second kappa shape index (κ2) is 7.32. The second-order valence-corrected chi connectivity index (χ2v) is 4.11. The SMILES string of the molecule is CCNC(=S)NNC(=O)c1ccc(NC(C)=O)cc1. The Morgan fingerprint density at radius 2 is 1.79 bits per heavy atom. The van der Waals surface area contributed by atoms with E-state index in [1.165, 1.54) is 6.92 Å². The second-order valence-electron chi connectivity index (χ2n) is 3.70. The van der Waals surface area contributed by atoms with Gasteiger partial charge in [-0.1, -0.05) is 0 Å². The molecular formula is C12H16N4O2S. The molecule has 1 rings (SSSR count). The summed E-state index contributed by atoms with van der Waals surface area (Å²) in [5.74, 6) is -0.468. The molecule has 0 unspecified atom stereocenters. The van der Waals surface area contributed by atoms with E-state index in [0.717, 1.165) is 0 Å². The summed E-state index contributed by atoms with van der Waals surface area (Å²) < 4.78 is 0. The van der Waals surface area contributed by atoms with Crippen LogP contribution in [0.1, 0.15) is 24.2 Å². The first-order valence-corrected chi connectivity index (χ1v) is 6.15. The van der Waals surface area contributed by atoms with E-state index in [1.807, 2.05) is 6.92 Å². The number of hydrogen-bond acceptors (Lipinski definition) is 3. The fraction of sp³-hybridized carbons (Fsp3) is 0.250. The Kier molecular flexibility index (Phi) is 5.74. The van der Waals surface area contributed by atoms with Crippen LogP contribution >= 0.6 is 12.2 Å². The third kappa shape index (κ3) is 5.35. The summed E-state index contributed by atoms with van der Waals surface area (Å²) in [6.45, 7) is 4.00. The van der Waals surface area contributed by atoms with Gasteiger partial charge in [-0.25, -0.2) is 0 Å². The number of thiocarbonyl (C=S) groups is 1. The minimum absolute atomic E-state index is 0.158. The molecule has 0 aliphatic heterocycles. The highest BCUT2D eigenvalue weighted by Gasteiger charge is 2.05. The smallest absolute Gasteiger partial charge is 0.269 e. The number of amides is 2. The lowest BCUT2D eigenvalue weighted by Crippen LogP contribution is -2.46. The van der Waals surface area contributed by atoms with Crippen LogP contribution in [0.2, 0.25) is 0 Å². The van der Waals surface area contributed by atoms with E-state index >= 15 is 0 Å². The highest BCUT2D eigenvalue weighted by atomic mass is 32.1. The first-order valence-electron chi connectivity index (χ1n) is 5.74. The zero-order chi connectivity index (χ0) is 14.3. The minimum atomic E-state index is -0.311. The van der Waals surface area contributed by atoms with Gasteiger partial charge < -0.3 is 10.6 Å². The van der Waals surface area contributed by atoms with Crippen molar-refractivity contribution < 1.29 is 9.59 Å². The number of carbonyl (C=O) groups is 2. The molecule has 0 heterocycles. The predicted octanol–water partition coefficient (Wildman–Crippen LogP) is 0.774. The molecule has 1 aromatic rings. The van der Waals surface area contributed by atoms with Crippen LogP contribution in [0.15, 0.2) is 24.3 Å². The van der Waals surface area contributed by atoms with Gasteiger partial charge in [0.05, 0.1) is 0 Å². The molecule has 0 aliphatic carbocycles. The first-order chi connectivity index (χ1) is 9.02. The summed E-state index contributed by atoms with van der Waals surface area (Å²) in [7, 11) is 0. The zero-order valence-electron chi connectivity index (χ0n) is 10.7. The predicted molar refractivity (Wildman–Crippen MR) is 77.6 cm³/mol. The summed E-state index contributed by atoms with van der Waals surface area (Å²) in [6, 6.07) is 6.52. The van der Waals surface area contributed by atoms with E-state index in [1.54, 1.807) is 24.3 Å². The molecule has 0 atom stereocenters. The summed E-state index contributed by atoms with van der Waals surface area (Å²) >= 11 is 4.91. The van der Waals surface area contributed by atoms with Crippen LogP contribution in [0.25, 0.3) is 0 Å². The van der Waals surface area contributed by atoms with E-state index in [-0.39, 0.29) is 11.8 Å². The first kappa shape index (κ1) is 14.9. The lowest BCUT2D eigenvalue weighted by Gasteiger charge is -2.10. The number of benzene rings is 1. The maximum Gasteiger partial charge on any atom is 0.269 e. The van der Waals surface area contributed by atoms with Gasteiger partial charge in [0.1, 0.15) is 0 Å². The fourth-order valence-electron chi connectivity index (χ4n) is 1.30. The molecule has 0 bridgehead atoms.